The number of carbonyl (C=O) groups excluding carboxylic acids is 2. The minimum Gasteiger partial charge on any atom is -0.444 e. The first kappa shape index (κ1) is 25.1. The lowest BCUT2D eigenvalue weighted by molar-refractivity contribution is -0.135. The largest absolute Gasteiger partial charge is 0.444 e. The van der Waals surface area contributed by atoms with Gasteiger partial charge in [-0.3, -0.25) is 4.79 Å². The Morgan fingerprint density at radius 3 is 2.03 bits per heavy atom. The second kappa shape index (κ2) is 9.99. The third kappa shape index (κ3) is 7.50. The van der Waals surface area contributed by atoms with E-state index in [1.54, 1.807) is 42.7 Å². The molecule has 0 aliphatic carbocycles. The van der Waals surface area contributed by atoms with Gasteiger partial charge in [-0.2, -0.15) is 4.72 Å². The number of nitrogens with one attached hydrogen (secondary N) is 1. The predicted octanol–water partition coefficient (Wildman–Crippen LogP) is 2.77. The molecule has 1 N–H and O–H groups in total. The molecule has 1 aliphatic rings. The molecule has 0 spiro atoms. The van der Waals surface area contributed by atoms with E-state index in [4.69, 9.17) is 4.74 Å². The first-order valence-corrected chi connectivity index (χ1v) is 12.1. The van der Waals surface area contributed by atoms with E-state index in [1.165, 1.54) is 12.1 Å². The topological polar surface area (TPSA) is 96.0 Å². The Labute approximate surface area is 186 Å². The molecule has 9 heteroatoms. The summed E-state index contributed by atoms with van der Waals surface area (Å²) in [6.45, 7) is 12.6. The third-order valence-electron chi connectivity index (χ3n) is 4.88. The summed E-state index contributed by atoms with van der Waals surface area (Å²) < 4.78 is 33.7. The molecule has 8 nitrogen and oxygen atoms in total. The van der Waals surface area contributed by atoms with Crippen molar-refractivity contribution >= 4 is 22.0 Å². The van der Waals surface area contributed by atoms with E-state index < -0.39 is 27.8 Å². The maximum absolute atomic E-state index is 13.2. The monoisotopic (exact) mass is 453 g/mol. The Balaban J connectivity index is 2.07. The quantitative estimate of drug-likeness (QED) is 0.715. The van der Waals surface area contributed by atoms with Crippen LogP contribution in [0.4, 0.5) is 4.79 Å². The van der Waals surface area contributed by atoms with E-state index in [1.807, 2.05) is 20.8 Å². The van der Waals surface area contributed by atoms with E-state index in [-0.39, 0.29) is 16.7 Å². The summed E-state index contributed by atoms with van der Waals surface area (Å²) in [6.07, 6.45) is -0.0191. The van der Waals surface area contributed by atoms with Gasteiger partial charge in [0.05, 0.1) is 4.90 Å². The van der Waals surface area contributed by atoms with Gasteiger partial charge in [0.25, 0.3) is 0 Å². The first-order chi connectivity index (χ1) is 14.3. The van der Waals surface area contributed by atoms with E-state index in [9.17, 15) is 18.0 Å². The summed E-state index contributed by atoms with van der Waals surface area (Å²) >= 11 is 0. The Morgan fingerprint density at radius 2 is 1.55 bits per heavy atom. The maximum Gasteiger partial charge on any atom is 0.410 e. The number of sulfonamides is 1. The van der Waals surface area contributed by atoms with Gasteiger partial charge in [-0.15, -0.1) is 0 Å². The summed E-state index contributed by atoms with van der Waals surface area (Å²) in [5.74, 6) is -0.147. The van der Waals surface area contributed by atoms with Gasteiger partial charge in [-0.1, -0.05) is 31.5 Å². The van der Waals surface area contributed by atoms with Crippen LogP contribution in [-0.4, -0.2) is 68.0 Å². The molecule has 0 aromatic heterocycles. The number of ether oxygens (including phenoxy) is 1. The number of nitrogens with zero attached hydrogens (tertiary/aromatic N) is 2. The van der Waals surface area contributed by atoms with Crippen molar-refractivity contribution in [3.63, 3.8) is 0 Å². The van der Waals surface area contributed by atoms with Crippen molar-refractivity contribution in [1.82, 2.24) is 14.5 Å². The molecular formula is C22H35N3O5S. The number of carbonyl (C=O) groups is 2. The van der Waals surface area contributed by atoms with Crippen LogP contribution in [-0.2, 0) is 19.6 Å². The number of piperazine rings is 1. The van der Waals surface area contributed by atoms with Gasteiger partial charge in [-0.05, 0) is 52.2 Å². The number of hydrogen-bond donors (Lipinski definition) is 1. The average molecular weight is 454 g/mol. The van der Waals surface area contributed by atoms with Gasteiger partial charge in [0.1, 0.15) is 11.6 Å². The number of amides is 2. The Kier molecular flexibility index (Phi) is 8.10. The molecule has 1 heterocycles. The molecule has 1 fully saturated rings. The molecule has 31 heavy (non-hydrogen) atoms. The van der Waals surface area contributed by atoms with Crippen molar-refractivity contribution in [2.24, 2.45) is 5.92 Å². The molecule has 0 saturated carbocycles. The van der Waals surface area contributed by atoms with Crippen molar-refractivity contribution in [3.05, 3.63) is 29.8 Å². The van der Waals surface area contributed by atoms with Gasteiger partial charge in [-0.25, -0.2) is 13.2 Å². The van der Waals surface area contributed by atoms with Crippen LogP contribution in [0.15, 0.2) is 29.2 Å². The number of benzene rings is 1. The highest BCUT2D eigenvalue weighted by molar-refractivity contribution is 7.89. The fourth-order valence-corrected chi connectivity index (χ4v) is 4.50. The molecule has 174 valence electrons. The van der Waals surface area contributed by atoms with Gasteiger partial charge in [0, 0.05) is 26.2 Å². The smallest absolute Gasteiger partial charge is 0.410 e. The fraction of sp³-hybridized carbons (Fsp3) is 0.636. The van der Waals surface area contributed by atoms with Gasteiger partial charge < -0.3 is 14.5 Å². The Hall–Kier alpha value is -2.13. The van der Waals surface area contributed by atoms with Crippen LogP contribution in [0.5, 0.6) is 0 Å². The molecule has 1 saturated heterocycles. The Bertz CT molecular complexity index is 867. The molecule has 1 aromatic rings. The molecule has 0 radical (unpaired) electrons. The highest BCUT2D eigenvalue weighted by Crippen LogP contribution is 2.17. The summed E-state index contributed by atoms with van der Waals surface area (Å²) in [5.41, 5.74) is 0.373. The minimum absolute atomic E-state index is 0.123. The van der Waals surface area contributed by atoms with Crippen LogP contribution >= 0.6 is 0 Å². The molecule has 2 rings (SSSR count). The lowest BCUT2D eigenvalue weighted by atomic mass is 10.0. The molecule has 0 unspecified atom stereocenters. The second-order valence-electron chi connectivity index (χ2n) is 9.41. The molecule has 1 aliphatic heterocycles. The lowest BCUT2D eigenvalue weighted by Gasteiger charge is -2.37. The number of rotatable bonds is 6. The molecule has 1 aromatic carbocycles. The standard InChI is InChI=1S/C22H35N3O5S/c1-16(2)15-19(23-31(28,29)18-9-7-17(3)8-10-18)20(26)24-11-13-25(14-12-24)21(27)30-22(4,5)6/h7-10,16,19,23H,11-15H2,1-6H3/t19-/m0/s1. The minimum atomic E-state index is -3.83. The number of hydrogen-bond acceptors (Lipinski definition) is 5. The fourth-order valence-electron chi connectivity index (χ4n) is 3.30. The molecule has 2 amide bonds. The average Bonchev–Trinajstić information content (AvgIpc) is 2.65. The highest BCUT2D eigenvalue weighted by Gasteiger charge is 2.33. The maximum atomic E-state index is 13.2. The van der Waals surface area contributed by atoms with E-state index in [0.717, 1.165) is 5.56 Å². The van der Waals surface area contributed by atoms with Crippen LogP contribution in [0.1, 0.15) is 46.6 Å². The van der Waals surface area contributed by atoms with E-state index in [0.29, 0.717) is 32.6 Å². The zero-order valence-electron chi connectivity index (χ0n) is 19.3. The summed E-state index contributed by atoms with van der Waals surface area (Å²) in [5, 5.41) is 0. The molecule has 1 atom stereocenters. The molecule has 0 bridgehead atoms. The van der Waals surface area contributed by atoms with Gasteiger partial charge in [0.15, 0.2) is 0 Å². The van der Waals surface area contributed by atoms with Crippen LogP contribution < -0.4 is 4.72 Å². The summed E-state index contributed by atoms with van der Waals surface area (Å²) in [6, 6.07) is 5.66. The summed E-state index contributed by atoms with van der Waals surface area (Å²) in [4.78, 5) is 28.7. The van der Waals surface area contributed by atoms with Crippen molar-refractivity contribution in [1.29, 1.82) is 0 Å². The second-order valence-corrected chi connectivity index (χ2v) is 11.1. The predicted molar refractivity (Wildman–Crippen MR) is 119 cm³/mol. The lowest BCUT2D eigenvalue weighted by Crippen LogP contribution is -2.56. The van der Waals surface area contributed by atoms with Gasteiger partial charge >= 0.3 is 6.09 Å². The van der Waals surface area contributed by atoms with Crippen molar-refractivity contribution < 1.29 is 22.7 Å². The van der Waals surface area contributed by atoms with E-state index >= 15 is 0 Å². The summed E-state index contributed by atoms with van der Waals surface area (Å²) in [7, 11) is -3.83. The first-order valence-electron chi connectivity index (χ1n) is 10.6. The normalized spacial score (nSPS) is 16.4. The van der Waals surface area contributed by atoms with Crippen LogP contribution in [0.3, 0.4) is 0 Å². The van der Waals surface area contributed by atoms with Crippen molar-refractivity contribution in [3.8, 4) is 0 Å². The van der Waals surface area contributed by atoms with E-state index in [2.05, 4.69) is 4.72 Å². The zero-order chi connectivity index (χ0) is 23.4. The third-order valence-corrected chi connectivity index (χ3v) is 6.36. The van der Waals surface area contributed by atoms with Crippen LogP contribution in [0.25, 0.3) is 0 Å². The highest BCUT2D eigenvalue weighted by atomic mass is 32.2. The van der Waals surface area contributed by atoms with Crippen LogP contribution in [0.2, 0.25) is 0 Å². The Morgan fingerprint density at radius 1 is 1.03 bits per heavy atom. The van der Waals surface area contributed by atoms with Crippen LogP contribution in [0, 0.1) is 12.8 Å². The number of aryl methyl sites for hydroxylation is 1. The molecular weight excluding hydrogens is 418 g/mol. The SMILES string of the molecule is Cc1ccc(S(=O)(=O)N[C@@H](CC(C)C)C(=O)N2CCN(C(=O)OC(C)(C)C)CC2)cc1. The van der Waals surface area contributed by atoms with Gasteiger partial charge in [0.2, 0.25) is 15.9 Å². The van der Waals surface area contributed by atoms with Crippen molar-refractivity contribution in [2.45, 2.75) is 64.5 Å². The van der Waals surface area contributed by atoms with Crippen molar-refractivity contribution in [2.75, 3.05) is 26.2 Å². The zero-order valence-corrected chi connectivity index (χ0v) is 20.2.